The molecule has 0 radical (unpaired) electrons. The molecule has 1 aromatic carbocycles. The first-order chi connectivity index (χ1) is 11.3. The van der Waals surface area contributed by atoms with Crippen LogP contribution in [0.3, 0.4) is 0 Å². The van der Waals surface area contributed by atoms with E-state index >= 15 is 0 Å². The standard InChI is InChI=1S/C16H19N3O3S.ClH/c17-7-5-15-18-13(10-23-15)16(20)19-12-3-1-2-4-14(12)22-11-6-8-21-9-11;/h1-4,10-11H,5-9,17H2,(H,19,20);1H. The van der Waals surface area contributed by atoms with Gasteiger partial charge in [0.25, 0.3) is 5.91 Å². The number of carbonyl (C=O) groups is 1. The van der Waals surface area contributed by atoms with Crippen LogP contribution < -0.4 is 15.8 Å². The van der Waals surface area contributed by atoms with Crippen molar-refractivity contribution in [2.24, 2.45) is 5.73 Å². The molecule has 1 aromatic heterocycles. The van der Waals surface area contributed by atoms with Crippen LogP contribution in [0.25, 0.3) is 0 Å². The number of aromatic nitrogens is 1. The quantitative estimate of drug-likeness (QED) is 0.816. The number of nitrogens with one attached hydrogen (secondary N) is 1. The van der Waals surface area contributed by atoms with Crippen molar-refractivity contribution >= 4 is 35.3 Å². The first-order valence-electron chi connectivity index (χ1n) is 7.55. The second-order valence-corrected chi connectivity index (χ2v) is 6.16. The lowest BCUT2D eigenvalue weighted by Gasteiger charge is -2.15. The number of hydrogen-bond donors (Lipinski definition) is 2. The van der Waals surface area contributed by atoms with E-state index in [2.05, 4.69) is 10.3 Å². The molecule has 1 amide bonds. The van der Waals surface area contributed by atoms with Crippen molar-refractivity contribution < 1.29 is 14.3 Å². The molecule has 130 valence electrons. The van der Waals surface area contributed by atoms with Crippen molar-refractivity contribution in [2.75, 3.05) is 25.1 Å². The topological polar surface area (TPSA) is 86.5 Å². The van der Waals surface area contributed by atoms with E-state index in [-0.39, 0.29) is 24.4 Å². The largest absolute Gasteiger partial charge is 0.486 e. The van der Waals surface area contributed by atoms with Crippen molar-refractivity contribution in [3.8, 4) is 5.75 Å². The van der Waals surface area contributed by atoms with Gasteiger partial charge in [0.15, 0.2) is 0 Å². The Hall–Kier alpha value is -1.67. The van der Waals surface area contributed by atoms with Gasteiger partial charge in [-0.15, -0.1) is 23.7 Å². The van der Waals surface area contributed by atoms with Gasteiger partial charge in [0, 0.05) is 18.2 Å². The summed E-state index contributed by atoms with van der Waals surface area (Å²) in [4.78, 5) is 16.6. The van der Waals surface area contributed by atoms with Crippen molar-refractivity contribution in [3.05, 3.63) is 40.3 Å². The summed E-state index contributed by atoms with van der Waals surface area (Å²) in [5, 5.41) is 5.48. The van der Waals surface area contributed by atoms with E-state index in [9.17, 15) is 4.79 Å². The number of anilines is 1. The Labute approximate surface area is 150 Å². The second kappa shape index (κ2) is 8.98. The Morgan fingerprint density at radius 3 is 3.04 bits per heavy atom. The van der Waals surface area contributed by atoms with Gasteiger partial charge in [-0.05, 0) is 18.7 Å². The molecule has 1 saturated heterocycles. The highest BCUT2D eigenvalue weighted by Gasteiger charge is 2.19. The summed E-state index contributed by atoms with van der Waals surface area (Å²) >= 11 is 1.44. The average Bonchev–Trinajstić information content (AvgIpc) is 3.21. The molecule has 0 saturated carbocycles. The van der Waals surface area contributed by atoms with Gasteiger partial charge >= 0.3 is 0 Å². The summed E-state index contributed by atoms with van der Waals surface area (Å²) in [5.41, 5.74) is 6.54. The van der Waals surface area contributed by atoms with Gasteiger partial charge in [-0.1, -0.05) is 12.1 Å². The fraction of sp³-hybridized carbons (Fsp3) is 0.375. The zero-order chi connectivity index (χ0) is 16.1. The highest BCUT2D eigenvalue weighted by Crippen LogP contribution is 2.27. The van der Waals surface area contributed by atoms with Crippen LogP contribution in [0.15, 0.2) is 29.6 Å². The number of halogens is 1. The van der Waals surface area contributed by atoms with Gasteiger partial charge in [-0.25, -0.2) is 4.98 Å². The zero-order valence-electron chi connectivity index (χ0n) is 13.1. The summed E-state index contributed by atoms with van der Waals surface area (Å²) < 4.78 is 11.2. The molecule has 2 aromatic rings. The van der Waals surface area contributed by atoms with Gasteiger partial charge in [0.2, 0.25) is 0 Å². The number of para-hydroxylation sites is 2. The number of carbonyl (C=O) groups excluding carboxylic acids is 1. The lowest BCUT2D eigenvalue weighted by Crippen LogP contribution is -2.18. The Balaban J connectivity index is 0.00000208. The third-order valence-electron chi connectivity index (χ3n) is 3.46. The van der Waals surface area contributed by atoms with E-state index in [0.29, 0.717) is 43.3 Å². The Morgan fingerprint density at radius 1 is 1.46 bits per heavy atom. The maximum Gasteiger partial charge on any atom is 0.275 e. The number of amides is 1. The minimum atomic E-state index is -0.247. The third kappa shape index (κ3) is 4.67. The van der Waals surface area contributed by atoms with E-state index in [1.54, 1.807) is 5.38 Å². The molecule has 2 heterocycles. The number of nitrogens with zero attached hydrogens (tertiary/aromatic N) is 1. The molecule has 1 unspecified atom stereocenters. The van der Waals surface area contributed by atoms with E-state index < -0.39 is 0 Å². The summed E-state index contributed by atoms with van der Waals surface area (Å²) in [6, 6.07) is 7.39. The highest BCUT2D eigenvalue weighted by atomic mass is 35.5. The van der Waals surface area contributed by atoms with Crippen LogP contribution in [-0.4, -0.2) is 36.8 Å². The van der Waals surface area contributed by atoms with Crippen molar-refractivity contribution in [1.82, 2.24) is 4.98 Å². The molecule has 3 rings (SSSR count). The van der Waals surface area contributed by atoms with Crippen molar-refractivity contribution in [2.45, 2.75) is 18.9 Å². The molecule has 0 aliphatic carbocycles. The third-order valence-corrected chi connectivity index (χ3v) is 4.37. The summed E-state index contributed by atoms with van der Waals surface area (Å²) in [6.45, 7) is 1.81. The molecule has 1 aliphatic rings. The molecule has 8 heteroatoms. The molecule has 1 aliphatic heterocycles. The molecular formula is C16H20ClN3O3S. The van der Waals surface area contributed by atoms with Crippen LogP contribution in [0.2, 0.25) is 0 Å². The maximum absolute atomic E-state index is 12.3. The normalized spacial score (nSPS) is 16.5. The monoisotopic (exact) mass is 369 g/mol. The summed E-state index contributed by atoms with van der Waals surface area (Å²) in [7, 11) is 0. The SMILES string of the molecule is Cl.NCCc1nc(C(=O)Nc2ccccc2OC2CCOC2)cs1. The first kappa shape index (κ1) is 18.7. The number of rotatable bonds is 6. The number of hydrogen-bond acceptors (Lipinski definition) is 6. The Bertz CT molecular complexity index is 674. The van der Waals surface area contributed by atoms with Crippen LogP contribution in [0.1, 0.15) is 21.9 Å². The summed E-state index contributed by atoms with van der Waals surface area (Å²) in [6.07, 6.45) is 1.57. The highest BCUT2D eigenvalue weighted by molar-refractivity contribution is 7.09. The number of nitrogens with two attached hydrogens (primary N) is 1. The molecule has 1 fully saturated rings. The zero-order valence-corrected chi connectivity index (χ0v) is 14.7. The summed E-state index contributed by atoms with van der Waals surface area (Å²) in [5.74, 6) is 0.400. The molecule has 24 heavy (non-hydrogen) atoms. The predicted molar refractivity (Wildman–Crippen MR) is 96.4 cm³/mol. The van der Waals surface area contributed by atoms with E-state index in [0.717, 1.165) is 11.4 Å². The molecule has 6 nitrogen and oxygen atoms in total. The van der Waals surface area contributed by atoms with Gasteiger partial charge in [0.1, 0.15) is 17.5 Å². The van der Waals surface area contributed by atoms with Crippen molar-refractivity contribution in [3.63, 3.8) is 0 Å². The molecular weight excluding hydrogens is 350 g/mol. The molecule has 0 bridgehead atoms. The van der Waals surface area contributed by atoms with Crippen LogP contribution in [0.5, 0.6) is 5.75 Å². The fourth-order valence-electron chi connectivity index (χ4n) is 2.30. The van der Waals surface area contributed by atoms with Crippen LogP contribution in [-0.2, 0) is 11.2 Å². The average molecular weight is 370 g/mol. The van der Waals surface area contributed by atoms with Gasteiger partial charge in [0.05, 0.1) is 23.9 Å². The van der Waals surface area contributed by atoms with Gasteiger partial charge in [-0.3, -0.25) is 4.79 Å². The Kier molecular flexibility index (Phi) is 6.99. The second-order valence-electron chi connectivity index (χ2n) is 5.22. The lowest BCUT2D eigenvalue weighted by molar-refractivity contribution is 0.102. The molecule has 3 N–H and O–H groups in total. The van der Waals surface area contributed by atoms with Gasteiger partial charge in [-0.2, -0.15) is 0 Å². The number of benzene rings is 1. The van der Waals surface area contributed by atoms with E-state index in [4.69, 9.17) is 15.2 Å². The van der Waals surface area contributed by atoms with Crippen LogP contribution >= 0.6 is 23.7 Å². The first-order valence-corrected chi connectivity index (χ1v) is 8.43. The Morgan fingerprint density at radius 2 is 2.29 bits per heavy atom. The van der Waals surface area contributed by atoms with Crippen LogP contribution in [0.4, 0.5) is 5.69 Å². The van der Waals surface area contributed by atoms with Crippen molar-refractivity contribution in [1.29, 1.82) is 0 Å². The molecule has 1 atom stereocenters. The fourth-order valence-corrected chi connectivity index (χ4v) is 3.09. The van der Waals surface area contributed by atoms with E-state index in [1.807, 2.05) is 24.3 Å². The number of thiazole rings is 1. The predicted octanol–water partition coefficient (Wildman–Crippen LogP) is 2.49. The smallest absolute Gasteiger partial charge is 0.275 e. The molecule has 0 spiro atoms. The minimum absolute atomic E-state index is 0. The minimum Gasteiger partial charge on any atom is -0.486 e. The lowest BCUT2D eigenvalue weighted by atomic mass is 10.2. The number of ether oxygens (including phenoxy) is 2. The van der Waals surface area contributed by atoms with E-state index in [1.165, 1.54) is 11.3 Å². The van der Waals surface area contributed by atoms with Crippen LogP contribution in [0, 0.1) is 0 Å². The van der Waals surface area contributed by atoms with Gasteiger partial charge < -0.3 is 20.5 Å². The maximum atomic E-state index is 12.3.